The largest absolute Gasteiger partial charge is 0.478 e. The van der Waals surface area contributed by atoms with Crippen molar-refractivity contribution in [3.05, 3.63) is 47.8 Å². The van der Waals surface area contributed by atoms with Crippen LogP contribution in [0.2, 0.25) is 0 Å². The molecule has 3 aromatic rings. The number of pyridine rings is 1. The highest BCUT2D eigenvalue weighted by Crippen LogP contribution is 2.24. The van der Waals surface area contributed by atoms with Crippen molar-refractivity contribution >= 4 is 17.0 Å². The summed E-state index contributed by atoms with van der Waals surface area (Å²) < 4.78 is 1.94. The molecule has 100 valence electrons. The SMILES string of the molecule is Cc1cncc(-c2nc3cc(C(=O)O)ccc3n2C)c1. The van der Waals surface area contributed by atoms with Crippen LogP contribution in [0.4, 0.5) is 0 Å². The second-order valence-electron chi connectivity index (χ2n) is 4.75. The molecule has 0 aliphatic carbocycles. The van der Waals surface area contributed by atoms with E-state index in [-0.39, 0.29) is 5.56 Å². The van der Waals surface area contributed by atoms with Gasteiger partial charge in [0.2, 0.25) is 0 Å². The van der Waals surface area contributed by atoms with E-state index < -0.39 is 5.97 Å². The van der Waals surface area contributed by atoms with Crippen LogP contribution in [0.25, 0.3) is 22.4 Å². The molecule has 0 radical (unpaired) electrons. The minimum atomic E-state index is -0.948. The van der Waals surface area contributed by atoms with E-state index in [4.69, 9.17) is 5.11 Å². The number of nitrogens with zero attached hydrogens (tertiary/aromatic N) is 3. The summed E-state index contributed by atoms with van der Waals surface area (Å²) in [7, 11) is 1.91. The maximum Gasteiger partial charge on any atom is 0.335 e. The highest BCUT2D eigenvalue weighted by molar-refractivity contribution is 5.93. The Balaban J connectivity index is 2.22. The number of carboxylic acids is 1. The zero-order valence-corrected chi connectivity index (χ0v) is 11.2. The van der Waals surface area contributed by atoms with Gasteiger partial charge in [-0.05, 0) is 36.8 Å². The fourth-order valence-electron chi connectivity index (χ4n) is 2.27. The Morgan fingerprint density at radius 1 is 1.25 bits per heavy atom. The van der Waals surface area contributed by atoms with Crippen molar-refractivity contribution in [2.75, 3.05) is 0 Å². The van der Waals surface area contributed by atoms with Crippen LogP contribution in [0.3, 0.4) is 0 Å². The van der Waals surface area contributed by atoms with Crippen LogP contribution in [0.1, 0.15) is 15.9 Å². The first-order valence-electron chi connectivity index (χ1n) is 6.18. The van der Waals surface area contributed by atoms with Crippen molar-refractivity contribution in [2.45, 2.75) is 6.92 Å². The maximum absolute atomic E-state index is 11.0. The molecule has 0 fully saturated rings. The number of rotatable bonds is 2. The lowest BCUT2D eigenvalue weighted by Gasteiger charge is -2.02. The number of fused-ring (bicyclic) bond motifs is 1. The van der Waals surface area contributed by atoms with Crippen LogP contribution in [-0.2, 0) is 7.05 Å². The number of hydrogen-bond acceptors (Lipinski definition) is 3. The summed E-state index contributed by atoms with van der Waals surface area (Å²) in [6, 6.07) is 6.96. The maximum atomic E-state index is 11.0. The second kappa shape index (κ2) is 4.45. The fraction of sp³-hybridized carbons (Fsp3) is 0.133. The molecule has 0 bridgehead atoms. The lowest BCUT2D eigenvalue weighted by Crippen LogP contribution is -1.96. The first-order valence-corrected chi connectivity index (χ1v) is 6.18. The number of aromatic carboxylic acids is 1. The zero-order chi connectivity index (χ0) is 14.3. The van der Waals surface area contributed by atoms with Crippen LogP contribution in [0, 0.1) is 6.92 Å². The number of imidazole rings is 1. The van der Waals surface area contributed by atoms with Crippen LogP contribution in [-0.4, -0.2) is 25.6 Å². The molecule has 0 spiro atoms. The van der Waals surface area contributed by atoms with Crippen molar-refractivity contribution in [1.29, 1.82) is 0 Å². The van der Waals surface area contributed by atoms with Gasteiger partial charge in [-0.15, -0.1) is 0 Å². The third kappa shape index (κ3) is 1.93. The molecule has 1 aromatic carbocycles. The average Bonchev–Trinajstić information content (AvgIpc) is 2.75. The first kappa shape index (κ1) is 12.3. The molecule has 5 heteroatoms. The summed E-state index contributed by atoms with van der Waals surface area (Å²) in [6.07, 6.45) is 3.54. The summed E-state index contributed by atoms with van der Waals surface area (Å²) >= 11 is 0. The lowest BCUT2D eigenvalue weighted by atomic mass is 10.2. The van der Waals surface area contributed by atoms with Gasteiger partial charge in [-0.1, -0.05) is 0 Å². The quantitative estimate of drug-likeness (QED) is 0.775. The Morgan fingerprint density at radius 2 is 2.05 bits per heavy atom. The van der Waals surface area contributed by atoms with Gasteiger partial charge in [0.15, 0.2) is 0 Å². The molecule has 0 atom stereocenters. The fourth-order valence-corrected chi connectivity index (χ4v) is 2.27. The number of aromatic nitrogens is 3. The summed E-state index contributed by atoms with van der Waals surface area (Å²) in [4.78, 5) is 19.7. The number of hydrogen-bond donors (Lipinski definition) is 1. The Hall–Kier alpha value is -2.69. The highest BCUT2D eigenvalue weighted by Gasteiger charge is 2.12. The van der Waals surface area contributed by atoms with Gasteiger partial charge in [0.25, 0.3) is 0 Å². The van der Waals surface area contributed by atoms with Crippen molar-refractivity contribution in [3.63, 3.8) is 0 Å². The second-order valence-corrected chi connectivity index (χ2v) is 4.75. The van der Waals surface area contributed by atoms with Gasteiger partial charge in [-0.3, -0.25) is 4.98 Å². The number of carbonyl (C=O) groups is 1. The molecule has 0 saturated carbocycles. The molecule has 0 aliphatic heterocycles. The molecular weight excluding hydrogens is 254 g/mol. The molecule has 0 unspecified atom stereocenters. The normalized spacial score (nSPS) is 10.9. The number of aryl methyl sites for hydroxylation is 2. The Labute approximate surface area is 115 Å². The molecule has 0 amide bonds. The van der Waals surface area contributed by atoms with Gasteiger partial charge in [-0.2, -0.15) is 0 Å². The molecule has 0 aliphatic rings. The molecule has 5 nitrogen and oxygen atoms in total. The van der Waals surface area contributed by atoms with Gasteiger partial charge in [-0.25, -0.2) is 9.78 Å². The summed E-state index contributed by atoms with van der Waals surface area (Å²) in [5.74, 6) is -0.171. The van der Waals surface area contributed by atoms with Crippen molar-refractivity contribution in [2.24, 2.45) is 7.05 Å². The van der Waals surface area contributed by atoms with E-state index in [2.05, 4.69) is 9.97 Å². The van der Waals surface area contributed by atoms with E-state index in [1.165, 1.54) is 0 Å². The number of carboxylic acid groups (broad SMARTS) is 1. The van der Waals surface area contributed by atoms with E-state index >= 15 is 0 Å². The van der Waals surface area contributed by atoms with Crippen LogP contribution >= 0.6 is 0 Å². The van der Waals surface area contributed by atoms with E-state index in [9.17, 15) is 4.79 Å². The van der Waals surface area contributed by atoms with E-state index in [1.54, 1.807) is 30.6 Å². The predicted octanol–water partition coefficient (Wildman–Crippen LogP) is 2.64. The average molecular weight is 267 g/mol. The summed E-state index contributed by atoms with van der Waals surface area (Å²) in [5.41, 5.74) is 3.78. The lowest BCUT2D eigenvalue weighted by molar-refractivity contribution is 0.0697. The predicted molar refractivity (Wildman–Crippen MR) is 75.6 cm³/mol. The van der Waals surface area contributed by atoms with Crippen LogP contribution < -0.4 is 0 Å². The summed E-state index contributed by atoms with van der Waals surface area (Å²) in [6.45, 7) is 1.97. The third-order valence-corrected chi connectivity index (χ3v) is 3.26. The molecular formula is C15H13N3O2. The van der Waals surface area contributed by atoms with E-state index in [1.807, 2.05) is 24.6 Å². The highest BCUT2D eigenvalue weighted by atomic mass is 16.4. The minimum absolute atomic E-state index is 0.240. The zero-order valence-electron chi connectivity index (χ0n) is 11.2. The van der Waals surface area contributed by atoms with E-state index in [0.29, 0.717) is 5.52 Å². The molecule has 2 heterocycles. The molecule has 0 saturated heterocycles. The Morgan fingerprint density at radius 3 is 2.75 bits per heavy atom. The van der Waals surface area contributed by atoms with Gasteiger partial charge in [0.05, 0.1) is 16.6 Å². The standard InChI is InChI=1S/C15H13N3O2/c1-9-5-11(8-16-7-9)14-17-12-6-10(15(19)20)3-4-13(12)18(14)2/h3-8H,1-2H3,(H,19,20). The first-order chi connectivity index (χ1) is 9.56. The van der Waals surface area contributed by atoms with Gasteiger partial charge >= 0.3 is 5.97 Å². The number of benzene rings is 1. The monoisotopic (exact) mass is 267 g/mol. The van der Waals surface area contributed by atoms with Gasteiger partial charge in [0.1, 0.15) is 5.82 Å². The molecule has 20 heavy (non-hydrogen) atoms. The Kier molecular flexibility index (Phi) is 2.75. The molecule has 2 aromatic heterocycles. The van der Waals surface area contributed by atoms with E-state index in [0.717, 1.165) is 22.5 Å². The van der Waals surface area contributed by atoms with Gasteiger partial charge in [0, 0.05) is 25.0 Å². The topological polar surface area (TPSA) is 68.0 Å². The van der Waals surface area contributed by atoms with Crippen LogP contribution in [0.15, 0.2) is 36.7 Å². The molecule has 3 rings (SSSR count). The van der Waals surface area contributed by atoms with Gasteiger partial charge < -0.3 is 9.67 Å². The minimum Gasteiger partial charge on any atom is -0.478 e. The van der Waals surface area contributed by atoms with Crippen molar-refractivity contribution < 1.29 is 9.90 Å². The Bertz CT molecular complexity index is 821. The van der Waals surface area contributed by atoms with Crippen molar-refractivity contribution in [3.8, 4) is 11.4 Å². The molecule has 1 N–H and O–H groups in total. The smallest absolute Gasteiger partial charge is 0.335 e. The van der Waals surface area contributed by atoms with Crippen molar-refractivity contribution in [1.82, 2.24) is 14.5 Å². The summed E-state index contributed by atoms with van der Waals surface area (Å²) in [5, 5.41) is 9.03. The third-order valence-electron chi connectivity index (χ3n) is 3.26. The van der Waals surface area contributed by atoms with Crippen LogP contribution in [0.5, 0.6) is 0 Å².